The summed E-state index contributed by atoms with van der Waals surface area (Å²) < 4.78 is 5.14. The van der Waals surface area contributed by atoms with E-state index in [-0.39, 0.29) is 6.54 Å². The molecule has 0 aliphatic rings. The molecule has 0 unspecified atom stereocenters. The molecule has 2 amide bonds. The Hall–Kier alpha value is -2.12. The molecule has 7 heteroatoms. The summed E-state index contributed by atoms with van der Waals surface area (Å²) in [4.78, 5) is 23.9. The fourth-order valence-corrected chi connectivity index (χ4v) is 2.53. The molecule has 1 atom stereocenters. The summed E-state index contributed by atoms with van der Waals surface area (Å²) in [5.41, 5.74) is 0. The first-order valence-corrected chi connectivity index (χ1v) is 6.73. The Morgan fingerprint density at radius 1 is 1.35 bits per heavy atom. The highest BCUT2D eigenvalue weighted by Crippen LogP contribution is 2.28. The zero-order valence-corrected chi connectivity index (χ0v) is 11.6. The van der Waals surface area contributed by atoms with Gasteiger partial charge in [0.15, 0.2) is 0 Å². The van der Waals surface area contributed by atoms with Crippen molar-refractivity contribution < 1.29 is 19.1 Å². The quantitative estimate of drug-likeness (QED) is 0.727. The second kappa shape index (κ2) is 6.36. The summed E-state index contributed by atoms with van der Waals surface area (Å²) in [5, 5.41) is 14.8. The van der Waals surface area contributed by atoms with E-state index < -0.39 is 17.9 Å². The molecule has 2 aromatic rings. The third-order valence-corrected chi connectivity index (χ3v) is 3.76. The number of carbonyl (C=O) groups excluding carboxylic acids is 2. The van der Waals surface area contributed by atoms with Crippen molar-refractivity contribution in [1.29, 1.82) is 0 Å². The molecule has 2 rings (SSSR count). The van der Waals surface area contributed by atoms with Gasteiger partial charge < -0.3 is 20.2 Å². The van der Waals surface area contributed by atoms with Gasteiger partial charge in [-0.15, -0.1) is 11.3 Å². The van der Waals surface area contributed by atoms with E-state index in [9.17, 15) is 14.7 Å². The number of aliphatic hydroxyl groups is 1. The minimum absolute atomic E-state index is 0.238. The van der Waals surface area contributed by atoms with Crippen LogP contribution in [0.3, 0.4) is 0 Å². The number of likely N-dealkylation sites (N-methyl/N-ethyl adjacent to an activating group) is 1. The van der Waals surface area contributed by atoms with E-state index in [1.807, 2.05) is 0 Å². The van der Waals surface area contributed by atoms with Crippen molar-refractivity contribution in [2.75, 3.05) is 7.05 Å². The van der Waals surface area contributed by atoms with E-state index in [2.05, 4.69) is 10.6 Å². The van der Waals surface area contributed by atoms with E-state index in [4.69, 9.17) is 4.42 Å². The number of hydrogen-bond donors (Lipinski definition) is 3. The summed E-state index contributed by atoms with van der Waals surface area (Å²) in [7, 11) is 1.39. The second-order valence-electron chi connectivity index (χ2n) is 3.98. The predicted octanol–water partition coefficient (Wildman–Crippen LogP) is 0.785. The molecule has 0 fully saturated rings. The maximum absolute atomic E-state index is 11.3. The first-order chi connectivity index (χ1) is 9.61. The Morgan fingerprint density at radius 3 is 2.80 bits per heavy atom. The maximum atomic E-state index is 11.3. The van der Waals surface area contributed by atoms with E-state index in [0.717, 1.165) is 4.88 Å². The molecule has 6 nitrogen and oxygen atoms in total. The van der Waals surface area contributed by atoms with Gasteiger partial charge in [-0.3, -0.25) is 9.59 Å². The molecule has 0 aliphatic carbocycles. The number of amides is 2. The van der Waals surface area contributed by atoms with Gasteiger partial charge in [0.2, 0.25) is 0 Å². The van der Waals surface area contributed by atoms with Gasteiger partial charge in [0.1, 0.15) is 11.9 Å². The molecule has 3 N–H and O–H groups in total. The van der Waals surface area contributed by atoms with Crippen molar-refractivity contribution in [1.82, 2.24) is 10.6 Å². The lowest BCUT2D eigenvalue weighted by Gasteiger charge is -2.04. The molecule has 2 aromatic heterocycles. The highest BCUT2D eigenvalue weighted by atomic mass is 32.1. The molecule has 0 aromatic carbocycles. The van der Waals surface area contributed by atoms with Gasteiger partial charge in [0, 0.05) is 16.8 Å². The summed E-state index contributed by atoms with van der Waals surface area (Å²) >= 11 is 1.34. The molecule has 20 heavy (non-hydrogen) atoms. The molecular formula is C13H14N2O4S. The molecule has 0 saturated heterocycles. The average molecular weight is 294 g/mol. The van der Waals surface area contributed by atoms with Crippen molar-refractivity contribution in [3.05, 3.63) is 46.0 Å². The summed E-state index contributed by atoms with van der Waals surface area (Å²) in [6.07, 6.45) is 0.676. The van der Waals surface area contributed by atoms with Gasteiger partial charge in [-0.25, -0.2) is 0 Å². The van der Waals surface area contributed by atoms with Crippen LogP contribution in [0.15, 0.2) is 34.9 Å². The van der Waals surface area contributed by atoms with Gasteiger partial charge >= 0.3 is 11.8 Å². The van der Waals surface area contributed by atoms with Crippen LogP contribution in [-0.2, 0) is 16.1 Å². The van der Waals surface area contributed by atoms with Gasteiger partial charge in [0.05, 0.1) is 12.8 Å². The van der Waals surface area contributed by atoms with Gasteiger partial charge in [0.25, 0.3) is 0 Å². The standard InChI is InChI=1S/C13H14N2O4S/c1-14-12(17)13(18)15-7-8-4-5-10(20-8)11(16)9-3-2-6-19-9/h2-6,11,16H,7H2,1H3,(H,14,17)(H,15,18)/t11-/m0/s1. The topological polar surface area (TPSA) is 91.6 Å². The van der Waals surface area contributed by atoms with Crippen LogP contribution in [0.25, 0.3) is 0 Å². The summed E-state index contributed by atoms with van der Waals surface area (Å²) in [6.45, 7) is 0.238. The van der Waals surface area contributed by atoms with Gasteiger partial charge in [-0.05, 0) is 24.3 Å². The van der Waals surface area contributed by atoms with E-state index in [1.165, 1.54) is 24.6 Å². The lowest BCUT2D eigenvalue weighted by Crippen LogP contribution is -2.37. The van der Waals surface area contributed by atoms with Crippen molar-refractivity contribution in [2.45, 2.75) is 12.6 Å². The van der Waals surface area contributed by atoms with Crippen molar-refractivity contribution in [3.8, 4) is 0 Å². The SMILES string of the molecule is CNC(=O)C(=O)NCc1ccc([C@@H](O)c2ccco2)s1. The summed E-state index contributed by atoms with van der Waals surface area (Å²) in [6, 6.07) is 6.95. The lowest BCUT2D eigenvalue weighted by atomic mass is 10.2. The normalized spacial score (nSPS) is 11.9. The maximum Gasteiger partial charge on any atom is 0.309 e. The Labute approximate surface area is 119 Å². The van der Waals surface area contributed by atoms with Crippen LogP contribution >= 0.6 is 11.3 Å². The Balaban J connectivity index is 1.96. The highest BCUT2D eigenvalue weighted by molar-refractivity contribution is 7.12. The van der Waals surface area contributed by atoms with Crippen LogP contribution in [0.5, 0.6) is 0 Å². The molecule has 0 bridgehead atoms. The molecule has 106 valence electrons. The number of rotatable bonds is 4. The largest absolute Gasteiger partial charge is 0.466 e. The fourth-order valence-electron chi connectivity index (χ4n) is 1.58. The molecule has 0 spiro atoms. The van der Waals surface area contributed by atoms with E-state index in [1.54, 1.807) is 24.3 Å². The van der Waals surface area contributed by atoms with Crippen LogP contribution < -0.4 is 10.6 Å². The lowest BCUT2D eigenvalue weighted by molar-refractivity contribution is -0.138. The first-order valence-electron chi connectivity index (χ1n) is 5.92. The van der Waals surface area contributed by atoms with E-state index in [0.29, 0.717) is 10.6 Å². The van der Waals surface area contributed by atoms with Crippen LogP contribution in [-0.4, -0.2) is 24.0 Å². The Morgan fingerprint density at radius 2 is 2.15 bits per heavy atom. The minimum atomic E-state index is -0.821. The summed E-state index contributed by atoms with van der Waals surface area (Å²) in [5.74, 6) is -0.903. The number of carbonyl (C=O) groups is 2. The zero-order valence-electron chi connectivity index (χ0n) is 10.8. The number of nitrogens with one attached hydrogen (secondary N) is 2. The molecule has 0 radical (unpaired) electrons. The van der Waals surface area contributed by atoms with Crippen molar-refractivity contribution in [2.24, 2.45) is 0 Å². The van der Waals surface area contributed by atoms with Crippen LogP contribution in [0.4, 0.5) is 0 Å². The Kier molecular flexibility index (Phi) is 4.54. The van der Waals surface area contributed by atoms with E-state index >= 15 is 0 Å². The predicted molar refractivity (Wildman–Crippen MR) is 73.0 cm³/mol. The monoisotopic (exact) mass is 294 g/mol. The number of aliphatic hydroxyl groups excluding tert-OH is 1. The number of furan rings is 1. The fraction of sp³-hybridized carbons (Fsp3) is 0.231. The zero-order chi connectivity index (χ0) is 14.5. The van der Waals surface area contributed by atoms with Gasteiger partial charge in [-0.2, -0.15) is 0 Å². The molecule has 2 heterocycles. The van der Waals surface area contributed by atoms with Crippen LogP contribution in [0.1, 0.15) is 21.6 Å². The van der Waals surface area contributed by atoms with Crippen molar-refractivity contribution >= 4 is 23.2 Å². The van der Waals surface area contributed by atoms with Crippen molar-refractivity contribution in [3.63, 3.8) is 0 Å². The average Bonchev–Trinajstić information content (AvgIpc) is 3.14. The second-order valence-corrected chi connectivity index (χ2v) is 5.18. The third kappa shape index (κ3) is 3.25. The highest BCUT2D eigenvalue weighted by Gasteiger charge is 2.16. The molecule has 0 aliphatic heterocycles. The molecule has 0 saturated carbocycles. The van der Waals surface area contributed by atoms with Crippen LogP contribution in [0, 0.1) is 0 Å². The Bertz CT molecular complexity index is 591. The first kappa shape index (κ1) is 14.3. The van der Waals surface area contributed by atoms with Gasteiger partial charge in [-0.1, -0.05) is 0 Å². The molecular weight excluding hydrogens is 280 g/mol. The number of thiophene rings is 1. The number of hydrogen-bond acceptors (Lipinski definition) is 5. The minimum Gasteiger partial charge on any atom is -0.466 e. The van der Waals surface area contributed by atoms with Crippen LogP contribution in [0.2, 0.25) is 0 Å². The smallest absolute Gasteiger partial charge is 0.309 e. The third-order valence-electron chi connectivity index (χ3n) is 2.62.